The SMILES string of the molecule is CCCNC(CO)CCn1nc(C)c(C)c1C. The Morgan fingerprint density at radius 3 is 2.53 bits per heavy atom. The first-order chi connectivity index (χ1) is 8.10. The zero-order valence-corrected chi connectivity index (χ0v) is 11.5. The van der Waals surface area contributed by atoms with Crippen molar-refractivity contribution in [1.29, 1.82) is 0 Å². The van der Waals surface area contributed by atoms with Gasteiger partial charge in [-0.05, 0) is 45.7 Å². The Morgan fingerprint density at radius 2 is 2.06 bits per heavy atom. The molecular formula is C13H25N3O. The Bertz CT molecular complexity index is 347. The molecule has 1 rings (SSSR count). The van der Waals surface area contributed by atoms with Crippen LogP contribution in [0.4, 0.5) is 0 Å². The molecule has 0 saturated carbocycles. The number of aryl methyl sites for hydroxylation is 2. The standard InChI is InChI=1S/C13H25N3O/c1-5-7-14-13(9-17)6-8-16-12(4)10(2)11(3)15-16/h13-14,17H,5-9H2,1-4H3. The lowest BCUT2D eigenvalue weighted by Gasteiger charge is -2.16. The first-order valence-electron chi connectivity index (χ1n) is 6.45. The Kier molecular flexibility index (Phi) is 5.65. The van der Waals surface area contributed by atoms with Crippen molar-refractivity contribution < 1.29 is 5.11 Å². The first kappa shape index (κ1) is 14.2. The van der Waals surface area contributed by atoms with Crippen molar-refractivity contribution >= 4 is 0 Å². The number of rotatable bonds is 7. The summed E-state index contributed by atoms with van der Waals surface area (Å²) in [4.78, 5) is 0. The maximum absolute atomic E-state index is 9.27. The average Bonchev–Trinajstić information content (AvgIpc) is 2.57. The van der Waals surface area contributed by atoms with Crippen molar-refractivity contribution in [3.8, 4) is 0 Å². The second kappa shape index (κ2) is 6.77. The lowest BCUT2D eigenvalue weighted by atomic mass is 10.2. The lowest BCUT2D eigenvalue weighted by Crippen LogP contribution is -2.34. The van der Waals surface area contributed by atoms with Crippen molar-refractivity contribution in [1.82, 2.24) is 15.1 Å². The predicted octanol–water partition coefficient (Wildman–Crippen LogP) is 1.56. The maximum atomic E-state index is 9.27. The number of aliphatic hydroxyl groups is 1. The number of nitrogens with zero attached hydrogens (tertiary/aromatic N) is 2. The van der Waals surface area contributed by atoms with Gasteiger partial charge in [-0.25, -0.2) is 0 Å². The van der Waals surface area contributed by atoms with Crippen LogP contribution in [-0.4, -0.2) is 34.1 Å². The van der Waals surface area contributed by atoms with Gasteiger partial charge in [0.15, 0.2) is 0 Å². The third-order valence-electron chi connectivity index (χ3n) is 3.34. The second-order valence-electron chi connectivity index (χ2n) is 4.64. The topological polar surface area (TPSA) is 50.1 Å². The van der Waals surface area contributed by atoms with Crippen LogP contribution in [0.2, 0.25) is 0 Å². The van der Waals surface area contributed by atoms with Crippen molar-refractivity contribution in [3.63, 3.8) is 0 Å². The van der Waals surface area contributed by atoms with E-state index in [1.807, 2.05) is 11.6 Å². The van der Waals surface area contributed by atoms with Crippen LogP contribution in [0.5, 0.6) is 0 Å². The lowest BCUT2D eigenvalue weighted by molar-refractivity contribution is 0.230. The molecule has 1 aromatic heterocycles. The molecule has 0 amide bonds. The average molecular weight is 239 g/mol. The van der Waals surface area contributed by atoms with Crippen molar-refractivity contribution in [2.24, 2.45) is 0 Å². The minimum absolute atomic E-state index is 0.180. The molecule has 1 aromatic rings. The van der Waals surface area contributed by atoms with Crippen LogP contribution in [-0.2, 0) is 6.54 Å². The molecule has 17 heavy (non-hydrogen) atoms. The molecule has 0 spiro atoms. The van der Waals surface area contributed by atoms with Gasteiger partial charge in [0.1, 0.15) is 0 Å². The van der Waals surface area contributed by atoms with E-state index in [1.165, 1.54) is 11.3 Å². The van der Waals surface area contributed by atoms with Gasteiger partial charge in [0.25, 0.3) is 0 Å². The Balaban J connectivity index is 2.50. The van der Waals surface area contributed by atoms with Gasteiger partial charge in [0.2, 0.25) is 0 Å². The van der Waals surface area contributed by atoms with Crippen LogP contribution >= 0.6 is 0 Å². The number of hydrogen-bond donors (Lipinski definition) is 2. The Labute approximate surface area is 104 Å². The normalized spacial score (nSPS) is 13.0. The molecule has 1 unspecified atom stereocenters. The number of aliphatic hydroxyl groups excluding tert-OH is 1. The monoisotopic (exact) mass is 239 g/mol. The number of hydrogen-bond acceptors (Lipinski definition) is 3. The highest BCUT2D eigenvalue weighted by Gasteiger charge is 2.10. The molecule has 1 atom stereocenters. The Hall–Kier alpha value is -0.870. The first-order valence-corrected chi connectivity index (χ1v) is 6.45. The van der Waals surface area contributed by atoms with Crippen LogP contribution < -0.4 is 5.32 Å². The third-order valence-corrected chi connectivity index (χ3v) is 3.34. The van der Waals surface area contributed by atoms with Crippen LogP contribution in [0.15, 0.2) is 0 Å². The van der Waals surface area contributed by atoms with Gasteiger partial charge in [-0.1, -0.05) is 6.92 Å². The summed E-state index contributed by atoms with van der Waals surface area (Å²) < 4.78 is 2.04. The van der Waals surface area contributed by atoms with Gasteiger partial charge < -0.3 is 10.4 Å². The molecule has 0 saturated heterocycles. The van der Waals surface area contributed by atoms with Gasteiger partial charge in [-0.3, -0.25) is 4.68 Å². The van der Waals surface area contributed by atoms with Crippen LogP contribution in [0, 0.1) is 20.8 Å². The van der Waals surface area contributed by atoms with E-state index in [-0.39, 0.29) is 12.6 Å². The second-order valence-corrected chi connectivity index (χ2v) is 4.64. The summed E-state index contributed by atoms with van der Waals surface area (Å²) in [6.07, 6.45) is 2.01. The molecule has 0 aliphatic carbocycles. The maximum Gasteiger partial charge on any atom is 0.0625 e. The summed E-state index contributed by atoms with van der Waals surface area (Å²) in [6.45, 7) is 10.4. The molecule has 0 aliphatic rings. The zero-order valence-electron chi connectivity index (χ0n) is 11.5. The number of aromatic nitrogens is 2. The van der Waals surface area contributed by atoms with Gasteiger partial charge >= 0.3 is 0 Å². The van der Waals surface area contributed by atoms with Crippen LogP contribution in [0.3, 0.4) is 0 Å². The molecule has 4 nitrogen and oxygen atoms in total. The molecule has 0 aliphatic heterocycles. The highest BCUT2D eigenvalue weighted by atomic mass is 16.3. The predicted molar refractivity (Wildman–Crippen MR) is 70.2 cm³/mol. The molecule has 4 heteroatoms. The van der Waals surface area contributed by atoms with E-state index in [0.29, 0.717) is 0 Å². The van der Waals surface area contributed by atoms with E-state index < -0.39 is 0 Å². The van der Waals surface area contributed by atoms with E-state index >= 15 is 0 Å². The van der Waals surface area contributed by atoms with Gasteiger partial charge in [-0.2, -0.15) is 5.10 Å². The van der Waals surface area contributed by atoms with Gasteiger partial charge in [0.05, 0.1) is 12.3 Å². The smallest absolute Gasteiger partial charge is 0.0625 e. The summed E-state index contributed by atoms with van der Waals surface area (Å²) in [5, 5.41) is 17.1. The summed E-state index contributed by atoms with van der Waals surface area (Å²) in [5.74, 6) is 0. The molecule has 1 heterocycles. The van der Waals surface area contributed by atoms with E-state index in [4.69, 9.17) is 0 Å². The molecule has 0 bridgehead atoms. The molecule has 2 N–H and O–H groups in total. The highest BCUT2D eigenvalue weighted by molar-refractivity contribution is 5.22. The van der Waals surface area contributed by atoms with E-state index in [2.05, 4.69) is 31.2 Å². The van der Waals surface area contributed by atoms with Crippen molar-refractivity contribution in [2.75, 3.05) is 13.2 Å². The van der Waals surface area contributed by atoms with Gasteiger partial charge in [0, 0.05) is 18.3 Å². The quantitative estimate of drug-likeness (QED) is 0.759. The fraction of sp³-hybridized carbons (Fsp3) is 0.769. The molecule has 0 radical (unpaired) electrons. The third kappa shape index (κ3) is 3.82. The fourth-order valence-electron chi connectivity index (χ4n) is 1.89. The summed E-state index contributed by atoms with van der Waals surface area (Å²) in [6, 6.07) is 0.180. The summed E-state index contributed by atoms with van der Waals surface area (Å²) >= 11 is 0. The minimum Gasteiger partial charge on any atom is -0.395 e. The summed E-state index contributed by atoms with van der Waals surface area (Å²) in [7, 11) is 0. The van der Waals surface area contributed by atoms with Crippen molar-refractivity contribution in [2.45, 2.75) is 53.1 Å². The van der Waals surface area contributed by atoms with Crippen LogP contribution in [0.1, 0.15) is 36.7 Å². The van der Waals surface area contributed by atoms with E-state index in [1.54, 1.807) is 0 Å². The van der Waals surface area contributed by atoms with E-state index in [0.717, 1.165) is 31.6 Å². The summed E-state index contributed by atoms with van der Waals surface area (Å²) in [5.41, 5.74) is 3.60. The molecule has 98 valence electrons. The van der Waals surface area contributed by atoms with Crippen molar-refractivity contribution in [3.05, 3.63) is 17.0 Å². The van der Waals surface area contributed by atoms with E-state index in [9.17, 15) is 5.11 Å². The zero-order chi connectivity index (χ0) is 12.8. The fourth-order valence-corrected chi connectivity index (χ4v) is 1.89. The van der Waals surface area contributed by atoms with Gasteiger partial charge in [-0.15, -0.1) is 0 Å². The molecule has 0 fully saturated rings. The Morgan fingerprint density at radius 1 is 1.35 bits per heavy atom. The molecule has 0 aromatic carbocycles. The molecular weight excluding hydrogens is 214 g/mol. The number of nitrogens with one attached hydrogen (secondary N) is 1. The minimum atomic E-state index is 0.180. The largest absolute Gasteiger partial charge is 0.395 e. The van der Waals surface area contributed by atoms with Crippen LogP contribution in [0.25, 0.3) is 0 Å². The highest BCUT2D eigenvalue weighted by Crippen LogP contribution is 2.11.